The van der Waals surface area contributed by atoms with E-state index in [1.165, 1.54) is 6.07 Å². The SMILES string of the molecule is NNC(c1ccc(Cl)cc1F)c1cc(Br)ccc1Cl. The lowest BCUT2D eigenvalue weighted by Crippen LogP contribution is -2.29. The molecule has 0 heterocycles. The Balaban J connectivity index is 2.52. The van der Waals surface area contributed by atoms with Crippen molar-refractivity contribution in [3.05, 3.63) is 67.9 Å². The standard InChI is InChI=1S/C13H10BrCl2FN2/c14-7-1-4-11(16)10(5-7)13(19-18)9-3-2-8(15)6-12(9)17/h1-6,13,19H,18H2. The van der Waals surface area contributed by atoms with Crippen LogP contribution < -0.4 is 11.3 Å². The zero-order valence-corrected chi connectivity index (χ0v) is 12.7. The van der Waals surface area contributed by atoms with Crippen LogP contribution in [-0.4, -0.2) is 0 Å². The van der Waals surface area contributed by atoms with Gasteiger partial charge in [-0.15, -0.1) is 0 Å². The summed E-state index contributed by atoms with van der Waals surface area (Å²) in [5.74, 6) is 5.10. The van der Waals surface area contributed by atoms with Gasteiger partial charge in [-0.3, -0.25) is 5.84 Å². The summed E-state index contributed by atoms with van der Waals surface area (Å²) >= 11 is 15.2. The number of halogens is 4. The van der Waals surface area contributed by atoms with Crippen molar-refractivity contribution in [1.29, 1.82) is 0 Å². The summed E-state index contributed by atoms with van der Waals surface area (Å²) in [4.78, 5) is 0. The van der Waals surface area contributed by atoms with Crippen LogP contribution in [0.25, 0.3) is 0 Å². The van der Waals surface area contributed by atoms with Gasteiger partial charge in [0.05, 0.1) is 6.04 Å². The van der Waals surface area contributed by atoms with Crippen LogP contribution in [0.15, 0.2) is 40.9 Å². The van der Waals surface area contributed by atoms with E-state index < -0.39 is 11.9 Å². The van der Waals surface area contributed by atoms with Gasteiger partial charge in [0.2, 0.25) is 0 Å². The van der Waals surface area contributed by atoms with Gasteiger partial charge in [-0.25, -0.2) is 9.82 Å². The molecule has 0 fully saturated rings. The number of hydrogen-bond donors (Lipinski definition) is 2. The van der Waals surface area contributed by atoms with Gasteiger partial charge >= 0.3 is 0 Å². The van der Waals surface area contributed by atoms with Crippen molar-refractivity contribution < 1.29 is 4.39 Å². The van der Waals surface area contributed by atoms with Crippen LogP contribution in [0.4, 0.5) is 4.39 Å². The third-order valence-corrected chi connectivity index (χ3v) is 3.78. The average Bonchev–Trinajstić information content (AvgIpc) is 2.36. The fourth-order valence-electron chi connectivity index (χ4n) is 1.82. The van der Waals surface area contributed by atoms with Gasteiger partial charge in [0.25, 0.3) is 0 Å². The van der Waals surface area contributed by atoms with Crippen molar-refractivity contribution in [2.24, 2.45) is 5.84 Å². The molecule has 2 rings (SSSR count). The summed E-state index contributed by atoms with van der Waals surface area (Å²) in [6.45, 7) is 0. The molecule has 2 nitrogen and oxygen atoms in total. The Morgan fingerprint density at radius 2 is 1.84 bits per heavy atom. The first-order valence-corrected chi connectivity index (χ1v) is 6.94. The molecule has 0 bridgehead atoms. The molecule has 6 heteroatoms. The smallest absolute Gasteiger partial charge is 0.129 e. The van der Waals surface area contributed by atoms with E-state index >= 15 is 0 Å². The number of nitrogens with one attached hydrogen (secondary N) is 1. The third kappa shape index (κ3) is 3.27. The van der Waals surface area contributed by atoms with E-state index in [-0.39, 0.29) is 0 Å². The third-order valence-electron chi connectivity index (χ3n) is 2.71. The molecule has 0 saturated carbocycles. The number of benzene rings is 2. The Morgan fingerprint density at radius 3 is 2.47 bits per heavy atom. The van der Waals surface area contributed by atoms with E-state index in [0.29, 0.717) is 21.2 Å². The second kappa shape index (κ2) is 6.20. The van der Waals surface area contributed by atoms with E-state index in [0.717, 1.165) is 4.47 Å². The number of rotatable bonds is 3. The van der Waals surface area contributed by atoms with Crippen molar-refractivity contribution >= 4 is 39.1 Å². The largest absolute Gasteiger partial charge is 0.271 e. The maximum Gasteiger partial charge on any atom is 0.129 e. The van der Waals surface area contributed by atoms with E-state index in [1.54, 1.807) is 30.3 Å². The van der Waals surface area contributed by atoms with Gasteiger partial charge < -0.3 is 0 Å². The van der Waals surface area contributed by atoms with Crippen LogP contribution >= 0.6 is 39.1 Å². The lowest BCUT2D eigenvalue weighted by atomic mass is 9.99. The minimum Gasteiger partial charge on any atom is -0.271 e. The lowest BCUT2D eigenvalue weighted by Gasteiger charge is -2.19. The Bertz CT molecular complexity index is 607. The molecule has 19 heavy (non-hydrogen) atoms. The summed E-state index contributed by atoms with van der Waals surface area (Å²) in [6, 6.07) is 9.20. The fraction of sp³-hybridized carbons (Fsp3) is 0.0769. The van der Waals surface area contributed by atoms with Gasteiger partial charge in [-0.1, -0.05) is 45.2 Å². The summed E-state index contributed by atoms with van der Waals surface area (Å²) < 4.78 is 14.8. The molecular weight excluding hydrogens is 354 g/mol. The van der Waals surface area contributed by atoms with Gasteiger partial charge in [0.15, 0.2) is 0 Å². The molecule has 0 radical (unpaired) electrons. The average molecular weight is 364 g/mol. The molecule has 3 N–H and O–H groups in total. The highest BCUT2D eigenvalue weighted by Gasteiger charge is 2.19. The Labute approximate surface area is 128 Å². The molecule has 2 aromatic rings. The first kappa shape index (κ1) is 14.8. The Morgan fingerprint density at radius 1 is 1.11 bits per heavy atom. The van der Waals surface area contributed by atoms with Gasteiger partial charge in [0, 0.05) is 20.1 Å². The molecule has 1 atom stereocenters. The van der Waals surface area contributed by atoms with Crippen LogP contribution in [0.5, 0.6) is 0 Å². The second-order valence-corrected chi connectivity index (χ2v) is 5.69. The lowest BCUT2D eigenvalue weighted by molar-refractivity contribution is 0.560. The quantitative estimate of drug-likeness (QED) is 0.624. The van der Waals surface area contributed by atoms with E-state index in [9.17, 15) is 4.39 Å². The van der Waals surface area contributed by atoms with Gasteiger partial charge in [-0.2, -0.15) is 0 Å². The van der Waals surface area contributed by atoms with E-state index in [2.05, 4.69) is 21.4 Å². The van der Waals surface area contributed by atoms with Crippen LogP contribution in [0.1, 0.15) is 17.2 Å². The molecule has 0 amide bonds. The normalized spacial score (nSPS) is 12.5. The van der Waals surface area contributed by atoms with E-state index in [4.69, 9.17) is 29.0 Å². The molecule has 0 aromatic heterocycles. The maximum atomic E-state index is 14.0. The molecule has 0 spiro atoms. The van der Waals surface area contributed by atoms with Gasteiger partial charge in [0.1, 0.15) is 5.82 Å². The highest BCUT2D eigenvalue weighted by atomic mass is 79.9. The maximum absolute atomic E-state index is 14.0. The molecule has 2 aromatic carbocycles. The number of hydrogen-bond acceptors (Lipinski definition) is 2. The predicted octanol–water partition coefficient (Wildman–Crippen LogP) is 4.45. The van der Waals surface area contributed by atoms with Crippen molar-refractivity contribution in [2.45, 2.75) is 6.04 Å². The molecular formula is C13H10BrCl2FN2. The van der Waals surface area contributed by atoms with Crippen molar-refractivity contribution in [3.63, 3.8) is 0 Å². The van der Waals surface area contributed by atoms with E-state index in [1.807, 2.05) is 0 Å². The molecule has 1 unspecified atom stereocenters. The van der Waals surface area contributed by atoms with Crippen LogP contribution in [0.3, 0.4) is 0 Å². The van der Waals surface area contributed by atoms with Crippen LogP contribution in [0.2, 0.25) is 10.0 Å². The molecule has 0 saturated heterocycles. The zero-order valence-electron chi connectivity index (χ0n) is 9.63. The summed E-state index contributed by atoms with van der Waals surface area (Å²) in [5.41, 5.74) is 3.64. The first-order valence-electron chi connectivity index (χ1n) is 5.39. The van der Waals surface area contributed by atoms with Gasteiger partial charge in [-0.05, 0) is 35.9 Å². The Hall–Kier alpha value is -0.650. The molecule has 0 aliphatic heterocycles. The van der Waals surface area contributed by atoms with Crippen molar-refractivity contribution in [3.8, 4) is 0 Å². The van der Waals surface area contributed by atoms with Crippen molar-refractivity contribution in [1.82, 2.24) is 5.43 Å². The first-order chi connectivity index (χ1) is 9.02. The highest BCUT2D eigenvalue weighted by Crippen LogP contribution is 2.32. The summed E-state index contributed by atoms with van der Waals surface area (Å²) in [6.07, 6.45) is 0. The minimum absolute atomic E-state index is 0.331. The van der Waals surface area contributed by atoms with Crippen LogP contribution in [-0.2, 0) is 0 Å². The second-order valence-electron chi connectivity index (χ2n) is 3.93. The summed E-state index contributed by atoms with van der Waals surface area (Å²) in [7, 11) is 0. The van der Waals surface area contributed by atoms with Crippen LogP contribution in [0, 0.1) is 5.82 Å². The van der Waals surface area contributed by atoms with Crippen molar-refractivity contribution in [2.75, 3.05) is 0 Å². The number of hydrazine groups is 1. The molecule has 100 valence electrons. The monoisotopic (exact) mass is 362 g/mol. The fourth-order valence-corrected chi connectivity index (χ4v) is 2.58. The predicted molar refractivity (Wildman–Crippen MR) is 79.7 cm³/mol. The zero-order chi connectivity index (χ0) is 14.0. The minimum atomic E-state index is -0.553. The summed E-state index contributed by atoms with van der Waals surface area (Å²) in [5, 5.41) is 0.831. The highest BCUT2D eigenvalue weighted by molar-refractivity contribution is 9.10. The number of nitrogens with two attached hydrogens (primary N) is 1. The Kier molecular flexibility index (Phi) is 4.81. The molecule has 0 aliphatic rings. The topological polar surface area (TPSA) is 38.0 Å². The molecule has 0 aliphatic carbocycles.